The topological polar surface area (TPSA) is 96.2 Å². The van der Waals surface area contributed by atoms with Crippen LogP contribution in [0.1, 0.15) is 29.3 Å². The van der Waals surface area contributed by atoms with Crippen LogP contribution < -0.4 is 15.5 Å². The standard InChI is InChI=1S/C21H26N6O2/c1-13-18(14(2)29-26-13)10-11-21(28)25-17-8-6-16(7-9-17)24-19-12-20(27(4)5)23-15(3)22-19/h6-9,12H,10-11H2,1-5H3,(H,25,28)(H,22,23,24). The summed E-state index contributed by atoms with van der Waals surface area (Å²) in [5.74, 6) is 2.97. The summed E-state index contributed by atoms with van der Waals surface area (Å²) < 4.78 is 5.14. The van der Waals surface area contributed by atoms with E-state index >= 15 is 0 Å². The first kappa shape index (κ1) is 20.3. The lowest BCUT2D eigenvalue weighted by atomic mass is 10.1. The van der Waals surface area contributed by atoms with Gasteiger partial charge in [0.1, 0.15) is 23.2 Å². The Kier molecular flexibility index (Phi) is 6.11. The van der Waals surface area contributed by atoms with E-state index in [4.69, 9.17) is 4.52 Å². The number of nitrogens with zero attached hydrogens (tertiary/aromatic N) is 4. The number of hydrogen-bond donors (Lipinski definition) is 2. The molecule has 2 heterocycles. The van der Waals surface area contributed by atoms with Crippen molar-refractivity contribution in [3.05, 3.63) is 53.2 Å². The van der Waals surface area contributed by atoms with Crippen LogP contribution in [0.2, 0.25) is 0 Å². The average Bonchev–Trinajstić information content (AvgIpc) is 2.99. The van der Waals surface area contributed by atoms with E-state index in [9.17, 15) is 4.79 Å². The van der Waals surface area contributed by atoms with Gasteiger partial charge in [-0.25, -0.2) is 9.97 Å². The molecule has 0 fully saturated rings. The molecule has 8 nitrogen and oxygen atoms in total. The smallest absolute Gasteiger partial charge is 0.224 e. The van der Waals surface area contributed by atoms with Gasteiger partial charge in [-0.15, -0.1) is 0 Å². The Morgan fingerprint density at radius 2 is 1.76 bits per heavy atom. The van der Waals surface area contributed by atoms with Crippen molar-refractivity contribution >= 4 is 28.9 Å². The van der Waals surface area contributed by atoms with Gasteiger partial charge >= 0.3 is 0 Å². The molecule has 2 N–H and O–H groups in total. The predicted molar refractivity (Wildman–Crippen MR) is 114 cm³/mol. The van der Waals surface area contributed by atoms with Crippen molar-refractivity contribution in [2.45, 2.75) is 33.6 Å². The molecule has 0 unspecified atom stereocenters. The number of aryl methyl sites for hydroxylation is 3. The van der Waals surface area contributed by atoms with E-state index < -0.39 is 0 Å². The monoisotopic (exact) mass is 394 g/mol. The van der Waals surface area contributed by atoms with Crippen molar-refractivity contribution in [1.82, 2.24) is 15.1 Å². The van der Waals surface area contributed by atoms with Gasteiger partial charge in [0.25, 0.3) is 0 Å². The Labute approximate surface area is 170 Å². The summed E-state index contributed by atoms with van der Waals surface area (Å²) in [7, 11) is 3.88. The maximum atomic E-state index is 12.2. The maximum absolute atomic E-state index is 12.2. The highest BCUT2D eigenvalue weighted by atomic mass is 16.5. The number of anilines is 4. The molecule has 2 aromatic heterocycles. The highest BCUT2D eigenvalue weighted by Crippen LogP contribution is 2.21. The predicted octanol–water partition coefficient (Wildman–Crippen LogP) is 3.77. The van der Waals surface area contributed by atoms with Crippen molar-refractivity contribution in [2.24, 2.45) is 0 Å². The number of nitrogens with one attached hydrogen (secondary N) is 2. The van der Waals surface area contributed by atoms with Crippen LogP contribution >= 0.6 is 0 Å². The minimum absolute atomic E-state index is 0.0484. The van der Waals surface area contributed by atoms with E-state index in [1.54, 1.807) is 0 Å². The second-order valence-corrected chi connectivity index (χ2v) is 7.11. The number of aromatic nitrogens is 3. The number of amides is 1. The minimum atomic E-state index is -0.0484. The molecule has 1 amide bonds. The summed E-state index contributed by atoms with van der Waals surface area (Å²) in [5, 5.41) is 10.1. The summed E-state index contributed by atoms with van der Waals surface area (Å²) in [6.07, 6.45) is 0.977. The fraction of sp³-hybridized carbons (Fsp3) is 0.333. The van der Waals surface area contributed by atoms with E-state index in [0.29, 0.717) is 18.7 Å². The number of rotatable bonds is 7. The zero-order valence-corrected chi connectivity index (χ0v) is 17.4. The molecule has 0 saturated heterocycles. The Hall–Kier alpha value is -3.42. The van der Waals surface area contributed by atoms with Crippen LogP contribution in [-0.4, -0.2) is 35.1 Å². The molecule has 8 heteroatoms. The number of hydrogen-bond acceptors (Lipinski definition) is 7. The number of carbonyl (C=O) groups is 1. The van der Waals surface area contributed by atoms with E-state index in [1.807, 2.05) is 70.1 Å². The van der Waals surface area contributed by atoms with Crippen molar-refractivity contribution in [3.63, 3.8) is 0 Å². The zero-order valence-electron chi connectivity index (χ0n) is 17.4. The molecule has 152 valence electrons. The quantitative estimate of drug-likeness (QED) is 0.630. The number of carbonyl (C=O) groups excluding carboxylic acids is 1. The highest BCUT2D eigenvalue weighted by Gasteiger charge is 2.11. The van der Waals surface area contributed by atoms with E-state index in [0.717, 1.165) is 40.0 Å². The summed E-state index contributed by atoms with van der Waals surface area (Å²) in [5.41, 5.74) is 3.45. The first-order chi connectivity index (χ1) is 13.8. The van der Waals surface area contributed by atoms with Gasteiger partial charge in [-0.05, 0) is 51.5 Å². The van der Waals surface area contributed by atoms with Crippen LogP contribution in [-0.2, 0) is 11.2 Å². The SMILES string of the molecule is Cc1nc(Nc2ccc(NC(=O)CCc3c(C)noc3C)cc2)cc(N(C)C)n1. The third-order valence-electron chi connectivity index (χ3n) is 4.51. The van der Waals surface area contributed by atoms with E-state index in [-0.39, 0.29) is 5.91 Å². The maximum Gasteiger partial charge on any atom is 0.224 e. The second kappa shape index (κ2) is 8.72. The molecular weight excluding hydrogens is 368 g/mol. The lowest BCUT2D eigenvalue weighted by molar-refractivity contribution is -0.116. The number of benzene rings is 1. The molecule has 0 aliphatic carbocycles. The van der Waals surface area contributed by atoms with Crippen LogP contribution in [0.25, 0.3) is 0 Å². The third kappa shape index (κ3) is 5.31. The third-order valence-corrected chi connectivity index (χ3v) is 4.51. The average molecular weight is 394 g/mol. The molecule has 1 aromatic carbocycles. The van der Waals surface area contributed by atoms with Crippen molar-refractivity contribution < 1.29 is 9.32 Å². The van der Waals surface area contributed by atoms with Crippen molar-refractivity contribution in [3.8, 4) is 0 Å². The van der Waals surface area contributed by atoms with Gasteiger partial charge in [0, 0.05) is 43.5 Å². The first-order valence-electron chi connectivity index (χ1n) is 9.43. The Bertz CT molecular complexity index is 975. The van der Waals surface area contributed by atoms with E-state index in [1.165, 1.54) is 0 Å². The van der Waals surface area contributed by atoms with Gasteiger partial charge < -0.3 is 20.1 Å². The van der Waals surface area contributed by atoms with Crippen LogP contribution in [0, 0.1) is 20.8 Å². The van der Waals surface area contributed by atoms with Crippen molar-refractivity contribution in [2.75, 3.05) is 29.6 Å². The fourth-order valence-electron chi connectivity index (χ4n) is 2.95. The Morgan fingerprint density at radius 1 is 1.07 bits per heavy atom. The van der Waals surface area contributed by atoms with Gasteiger partial charge in [-0.2, -0.15) is 0 Å². The van der Waals surface area contributed by atoms with E-state index in [2.05, 4.69) is 25.8 Å². The zero-order chi connectivity index (χ0) is 21.0. The lowest BCUT2D eigenvalue weighted by Crippen LogP contribution is -2.13. The normalized spacial score (nSPS) is 10.7. The molecule has 0 aliphatic rings. The molecule has 0 spiro atoms. The van der Waals surface area contributed by atoms with Gasteiger partial charge in [-0.1, -0.05) is 5.16 Å². The largest absolute Gasteiger partial charge is 0.363 e. The molecule has 0 bridgehead atoms. The molecule has 0 saturated carbocycles. The molecule has 0 atom stereocenters. The molecule has 0 radical (unpaired) electrons. The second-order valence-electron chi connectivity index (χ2n) is 7.11. The van der Waals surface area contributed by atoms with Crippen LogP contribution in [0.5, 0.6) is 0 Å². The van der Waals surface area contributed by atoms with Crippen molar-refractivity contribution in [1.29, 1.82) is 0 Å². The van der Waals surface area contributed by atoms with Gasteiger partial charge in [0.2, 0.25) is 5.91 Å². The van der Waals surface area contributed by atoms with Gasteiger partial charge in [0.05, 0.1) is 5.69 Å². The van der Waals surface area contributed by atoms with Gasteiger partial charge in [-0.3, -0.25) is 4.79 Å². The molecule has 3 aromatic rings. The molecular formula is C21H26N6O2. The summed E-state index contributed by atoms with van der Waals surface area (Å²) in [6.45, 7) is 5.61. The van der Waals surface area contributed by atoms with Crippen LogP contribution in [0.15, 0.2) is 34.9 Å². The fourth-order valence-corrected chi connectivity index (χ4v) is 2.95. The summed E-state index contributed by atoms with van der Waals surface area (Å²) in [4.78, 5) is 23.0. The van der Waals surface area contributed by atoms with Crippen LogP contribution in [0.3, 0.4) is 0 Å². The molecule has 0 aliphatic heterocycles. The minimum Gasteiger partial charge on any atom is -0.363 e. The molecule has 3 rings (SSSR count). The Morgan fingerprint density at radius 3 is 2.38 bits per heavy atom. The summed E-state index contributed by atoms with van der Waals surface area (Å²) >= 11 is 0. The lowest BCUT2D eigenvalue weighted by Gasteiger charge is -2.14. The van der Waals surface area contributed by atoms with Gasteiger partial charge in [0.15, 0.2) is 0 Å². The highest BCUT2D eigenvalue weighted by molar-refractivity contribution is 5.91. The Balaban J connectivity index is 1.58. The van der Waals surface area contributed by atoms with Crippen LogP contribution in [0.4, 0.5) is 23.0 Å². The molecule has 29 heavy (non-hydrogen) atoms. The first-order valence-corrected chi connectivity index (χ1v) is 9.43. The summed E-state index contributed by atoms with van der Waals surface area (Å²) in [6, 6.07) is 9.40.